The van der Waals surface area contributed by atoms with E-state index in [9.17, 15) is 0 Å². The van der Waals surface area contributed by atoms with Crippen molar-refractivity contribution in [1.82, 2.24) is 20.3 Å². The monoisotopic (exact) mass is 222 g/mol. The van der Waals surface area contributed by atoms with Crippen LogP contribution in [0.5, 0.6) is 0 Å². The van der Waals surface area contributed by atoms with Crippen LogP contribution in [0.2, 0.25) is 0 Å². The van der Waals surface area contributed by atoms with Crippen LogP contribution in [0.1, 0.15) is 25.0 Å². The summed E-state index contributed by atoms with van der Waals surface area (Å²) in [5, 5.41) is 11.2. The van der Waals surface area contributed by atoms with Crippen LogP contribution in [0.15, 0.2) is 11.2 Å². The molecule has 88 valence electrons. The highest BCUT2D eigenvalue weighted by Crippen LogP contribution is 2.24. The third-order valence-corrected chi connectivity index (χ3v) is 2.86. The molecule has 6 nitrogen and oxygen atoms in total. The second-order valence-electron chi connectivity index (χ2n) is 4.20. The molecule has 0 atom stereocenters. The Kier molecular flexibility index (Phi) is 3.38. The first-order valence-electron chi connectivity index (χ1n) is 5.63. The minimum atomic E-state index is 0.483. The molecule has 0 unspecified atom stereocenters. The quantitative estimate of drug-likeness (QED) is 0.556. The summed E-state index contributed by atoms with van der Waals surface area (Å²) in [7, 11) is 1.78. The van der Waals surface area contributed by atoms with Crippen molar-refractivity contribution in [2.75, 3.05) is 6.54 Å². The molecule has 1 fully saturated rings. The summed E-state index contributed by atoms with van der Waals surface area (Å²) in [6, 6.07) is 0. The average molecular weight is 222 g/mol. The summed E-state index contributed by atoms with van der Waals surface area (Å²) in [6.07, 6.45) is 5.67. The van der Waals surface area contributed by atoms with E-state index in [1.165, 1.54) is 24.1 Å². The third-order valence-electron chi connectivity index (χ3n) is 2.86. The Hall–Kier alpha value is -1.59. The molecule has 1 saturated carbocycles. The molecule has 3 N–H and O–H groups in total. The van der Waals surface area contributed by atoms with Crippen LogP contribution in [0, 0.1) is 5.92 Å². The largest absolute Gasteiger partial charge is 0.370 e. The van der Waals surface area contributed by atoms with Crippen molar-refractivity contribution in [3.63, 3.8) is 0 Å². The van der Waals surface area contributed by atoms with Gasteiger partial charge in [0.2, 0.25) is 0 Å². The zero-order chi connectivity index (χ0) is 11.4. The predicted molar refractivity (Wildman–Crippen MR) is 61.7 cm³/mol. The van der Waals surface area contributed by atoms with E-state index in [1.807, 2.05) is 0 Å². The van der Waals surface area contributed by atoms with Crippen molar-refractivity contribution in [3.8, 4) is 0 Å². The number of hydrogen-bond acceptors (Lipinski definition) is 3. The van der Waals surface area contributed by atoms with Crippen LogP contribution in [0.4, 0.5) is 0 Å². The molecule has 1 heterocycles. The van der Waals surface area contributed by atoms with Gasteiger partial charge < -0.3 is 11.1 Å². The third kappa shape index (κ3) is 2.95. The molecule has 1 aromatic heterocycles. The lowest BCUT2D eigenvalue weighted by atomic mass is 9.85. The molecule has 0 spiro atoms. The predicted octanol–water partition coefficient (Wildman–Crippen LogP) is 0.0195. The molecule has 1 aliphatic rings. The van der Waals surface area contributed by atoms with Gasteiger partial charge in [-0.25, -0.2) is 4.99 Å². The fraction of sp³-hybridized carbons (Fsp3) is 0.700. The maximum Gasteiger partial charge on any atom is 0.188 e. The smallest absolute Gasteiger partial charge is 0.188 e. The Bertz CT molecular complexity index is 365. The number of nitrogens with one attached hydrogen (secondary N) is 1. The fourth-order valence-corrected chi connectivity index (χ4v) is 1.63. The Morgan fingerprint density at radius 2 is 2.50 bits per heavy atom. The van der Waals surface area contributed by atoms with Gasteiger partial charge >= 0.3 is 0 Å². The molecule has 0 saturated heterocycles. The van der Waals surface area contributed by atoms with Gasteiger partial charge in [0.1, 0.15) is 5.69 Å². The van der Waals surface area contributed by atoms with Crippen LogP contribution in [0.3, 0.4) is 0 Å². The number of rotatable bonds is 4. The highest BCUT2D eigenvalue weighted by molar-refractivity contribution is 5.77. The first-order chi connectivity index (χ1) is 7.74. The summed E-state index contributed by atoms with van der Waals surface area (Å²) in [6.45, 7) is 1.42. The zero-order valence-electron chi connectivity index (χ0n) is 9.56. The van der Waals surface area contributed by atoms with Gasteiger partial charge in [0.15, 0.2) is 5.96 Å². The van der Waals surface area contributed by atoms with Crippen molar-refractivity contribution >= 4 is 5.96 Å². The van der Waals surface area contributed by atoms with E-state index in [4.69, 9.17) is 5.73 Å². The number of hydrogen-bond donors (Lipinski definition) is 2. The van der Waals surface area contributed by atoms with Gasteiger partial charge in [-0.2, -0.15) is 15.0 Å². The van der Waals surface area contributed by atoms with Crippen molar-refractivity contribution in [2.45, 2.75) is 25.8 Å². The molecule has 0 amide bonds. The number of nitrogens with zero attached hydrogens (tertiary/aromatic N) is 4. The summed E-state index contributed by atoms with van der Waals surface area (Å²) in [5.74, 6) is 1.28. The molecular formula is C10H18N6. The zero-order valence-corrected chi connectivity index (χ0v) is 9.56. The van der Waals surface area contributed by atoms with E-state index in [-0.39, 0.29) is 0 Å². The van der Waals surface area contributed by atoms with Gasteiger partial charge in [0.25, 0.3) is 0 Å². The van der Waals surface area contributed by atoms with Crippen LogP contribution in [-0.4, -0.2) is 27.5 Å². The number of guanidine groups is 1. The van der Waals surface area contributed by atoms with Gasteiger partial charge in [-0.1, -0.05) is 6.42 Å². The topological polar surface area (TPSA) is 81.1 Å². The van der Waals surface area contributed by atoms with Crippen molar-refractivity contribution < 1.29 is 0 Å². The van der Waals surface area contributed by atoms with Crippen molar-refractivity contribution in [2.24, 2.45) is 23.7 Å². The first kappa shape index (κ1) is 10.9. The van der Waals surface area contributed by atoms with Crippen molar-refractivity contribution in [3.05, 3.63) is 11.9 Å². The standard InChI is InChI=1S/C10H18N6/c1-16-14-7-9(15-16)6-13-10(11)12-5-8-3-2-4-8/h7-8H,2-6H2,1H3,(H3,11,12,13). The normalized spacial score (nSPS) is 17.2. The highest BCUT2D eigenvalue weighted by Gasteiger charge is 2.16. The summed E-state index contributed by atoms with van der Waals surface area (Å²) in [5.41, 5.74) is 6.57. The van der Waals surface area contributed by atoms with Gasteiger partial charge in [0.05, 0.1) is 12.7 Å². The van der Waals surface area contributed by atoms with Crippen LogP contribution < -0.4 is 11.1 Å². The number of aromatic nitrogens is 3. The van der Waals surface area contributed by atoms with Gasteiger partial charge in [-0.15, -0.1) is 0 Å². The Morgan fingerprint density at radius 3 is 3.06 bits per heavy atom. The van der Waals surface area contributed by atoms with Crippen LogP contribution in [0.25, 0.3) is 0 Å². The molecule has 1 aromatic rings. The maximum absolute atomic E-state index is 5.74. The van der Waals surface area contributed by atoms with E-state index in [1.54, 1.807) is 13.2 Å². The molecule has 0 bridgehead atoms. The Morgan fingerprint density at radius 1 is 1.69 bits per heavy atom. The summed E-state index contributed by atoms with van der Waals surface area (Å²) >= 11 is 0. The second kappa shape index (κ2) is 4.96. The van der Waals surface area contributed by atoms with Crippen molar-refractivity contribution in [1.29, 1.82) is 0 Å². The van der Waals surface area contributed by atoms with E-state index >= 15 is 0 Å². The highest BCUT2D eigenvalue weighted by atomic mass is 15.4. The molecule has 16 heavy (non-hydrogen) atoms. The molecule has 2 rings (SSSR count). The van der Waals surface area contributed by atoms with Gasteiger partial charge in [-0.3, -0.25) is 0 Å². The molecule has 0 radical (unpaired) electrons. The summed E-state index contributed by atoms with van der Waals surface area (Å²) in [4.78, 5) is 5.72. The molecule has 0 aromatic carbocycles. The van der Waals surface area contributed by atoms with E-state index in [0.29, 0.717) is 12.5 Å². The molecule has 1 aliphatic carbocycles. The average Bonchev–Trinajstić information content (AvgIpc) is 2.59. The molecule has 0 aliphatic heterocycles. The SMILES string of the molecule is Cn1ncc(CN=C(N)NCC2CCC2)n1. The van der Waals surface area contributed by atoms with Crippen LogP contribution in [-0.2, 0) is 13.6 Å². The maximum atomic E-state index is 5.74. The van der Waals surface area contributed by atoms with Gasteiger partial charge in [0, 0.05) is 13.6 Å². The minimum absolute atomic E-state index is 0.483. The van der Waals surface area contributed by atoms with E-state index in [2.05, 4.69) is 20.5 Å². The lowest BCUT2D eigenvalue weighted by Gasteiger charge is -2.25. The first-order valence-corrected chi connectivity index (χ1v) is 5.63. The minimum Gasteiger partial charge on any atom is -0.370 e. The Labute approximate surface area is 94.9 Å². The Balaban J connectivity index is 1.73. The van der Waals surface area contributed by atoms with E-state index in [0.717, 1.165) is 18.2 Å². The second-order valence-corrected chi connectivity index (χ2v) is 4.20. The molecule has 6 heteroatoms. The van der Waals surface area contributed by atoms with Crippen LogP contribution >= 0.6 is 0 Å². The number of nitrogens with two attached hydrogens (primary N) is 1. The lowest BCUT2D eigenvalue weighted by molar-refractivity contribution is 0.315. The number of aliphatic imine (C=N–C) groups is 1. The van der Waals surface area contributed by atoms with E-state index < -0.39 is 0 Å². The molecular weight excluding hydrogens is 204 g/mol. The summed E-state index contributed by atoms with van der Waals surface area (Å²) < 4.78 is 0. The lowest BCUT2D eigenvalue weighted by Crippen LogP contribution is -2.37. The fourth-order valence-electron chi connectivity index (χ4n) is 1.63. The number of aryl methyl sites for hydroxylation is 1. The van der Waals surface area contributed by atoms with Gasteiger partial charge in [-0.05, 0) is 18.8 Å².